The second-order valence-corrected chi connectivity index (χ2v) is 6.88. The van der Waals surface area contributed by atoms with Crippen LogP contribution in [0.5, 0.6) is 0 Å². The third kappa shape index (κ3) is 3.69. The monoisotopic (exact) mass is 391 g/mol. The number of carbonyl (C=O) groups is 1. The second-order valence-electron chi connectivity index (χ2n) is 6.88. The van der Waals surface area contributed by atoms with Crippen molar-refractivity contribution in [3.05, 3.63) is 75.1 Å². The summed E-state index contributed by atoms with van der Waals surface area (Å²) in [6, 6.07) is 14.5. The molecule has 0 aliphatic carbocycles. The molecule has 0 radical (unpaired) electrons. The fourth-order valence-electron chi connectivity index (χ4n) is 3.50. The molecule has 0 bridgehead atoms. The Labute approximate surface area is 165 Å². The molecule has 148 valence electrons. The molecule has 2 aromatic carbocycles. The number of rotatable bonds is 6. The van der Waals surface area contributed by atoms with E-state index >= 15 is 0 Å². The van der Waals surface area contributed by atoms with Crippen LogP contribution in [0.3, 0.4) is 0 Å². The average Bonchev–Trinajstić information content (AvgIpc) is 3.04. The highest BCUT2D eigenvalue weighted by Gasteiger charge is 2.10. The molecule has 0 unspecified atom stereocenters. The number of fused-ring (bicyclic) bond motifs is 2. The molecule has 0 saturated carbocycles. The molecule has 4 rings (SSSR count). The lowest BCUT2D eigenvalue weighted by Gasteiger charge is -2.10. The largest absolute Gasteiger partial charge is 0.354 e. The molecule has 4 aromatic rings. The van der Waals surface area contributed by atoms with Crippen molar-refractivity contribution >= 4 is 27.7 Å². The lowest BCUT2D eigenvalue weighted by molar-refractivity contribution is -0.121. The zero-order valence-corrected chi connectivity index (χ0v) is 16.0. The van der Waals surface area contributed by atoms with E-state index in [1.165, 1.54) is 0 Å². The molecule has 0 atom stereocenters. The first kappa shape index (κ1) is 18.7. The maximum absolute atomic E-state index is 12.5. The Morgan fingerprint density at radius 1 is 1.07 bits per heavy atom. The molecule has 0 fully saturated rings. The van der Waals surface area contributed by atoms with Crippen LogP contribution in [0.1, 0.15) is 12.2 Å². The first-order chi connectivity index (χ1) is 14.0. The zero-order chi connectivity index (χ0) is 20.4. The number of benzene rings is 2. The quantitative estimate of drug-likeness (QED) is 0.487. The Bertz CT molecular complexity index is 1320. The van der Waals surface area contributed by atoms with Gasteiger partial charge in [0.1, 0.15) is 12.4 Å². The summed E-state index contributed by atoms with van der Waals surface area (Å²) < 4.78 is 3.17. The molecule has 2 aromatic heterocycles. The van der Waals surface area contributed by atoms with Crippen molar-refractivity contribution in [3.8, 4) is 0 Å². The van der Waals surface area contributed by atoms with Gasteiger partial charge in [0, 0.05) is 13.1 Å². The number of amides is 1. The van der Waals surface area contributed by atoms with E-state index in [1.54, 1.807) is 24.3 Å². The molecular weight excluding hydrogens is 370 g/mol. The summed E-state index contributed by atoms with van der Waals surface area (Å²) in [5.74, 6) is 0.600. The molecule has 0 aliphatic rings. The van der Waals surface area contributed by atoms with Crippen molar-refractivity contribution in [3.63, 3.8) is 0 Å². The summed E-state index contributed by atoms with van der Waals surface area (Å²) in [6.07, 6.45) is 0.718. The van der Waals surface area contributed by atoms with Gasteiger partial charge in [0.25, 0.3) is 11.1 Å². The molecular formula is C21H21N5O3. The van der Waals surface area contributed by atoms with E-state index in [9.17, 15) is 14.4 Å². The number of hydrogen-bond donors (Lipinski definition) is 2. The highest BCUT2D eigenvalue weighted by atomic mass is 16.2. The number of aryl methyl sites for hydroxylation is 2. The SMILES string of the molecule is Cc1nc2ccccc2n1CCCNC(=O)Cn1[nH]c(=O)c2ccccc2c1=O. The molecule has 2 N–H and O–H groups in total. The first-order valence-corrected chi connectivity index (χ1v) is 9.45. The Kier molecular flexibility index (Phi) is 4.99. The normalized spacial score (nSPS) is 11.2. The summed E-state index contributed by atoms with van der Waals surface area (Å²) in [4.78, 5) is 41.3. The van der Waals surface area contributed by atoms with Crippen LogP contribution >= 0.6 is 0 Å². The van der Waals surface area contributed by atoms with Gasteiger partial charge in [-0.25, -0.2) is 9.67 Å². The van der Waals surface area contributed by atoms with Crippen LogP contribution in [-0.4, -0.2) is 31.8 Å². The fourth-order valence-corrected chi connectivity index (χ4v) is 3.50. The maximum atomic E-state index is 12.5. The number of imidazole rings is 1. The van der Waals surface area contributed by atoms with Crippen LogP contribution in [0.15, 0.2) is 58.1 Å². The van der Waals surface area contributed by atoms with E-state index in [4.69, 9.17) is 0 Å². The maximum Gasteiger partial charge on any atom is 0.273 e. The summed E-state index contributed by atoms with van der Waals surface area (Å²) >= 11 is 0. The number of aromatic amines is 1. The number of aromatic nitrogens is 4. The summed E-state index contributed by atoms with van der Waals surface area (Å²) in [5.41, 5.74) is 1.23. The van der Waals surface area contributed by atoms with Crippen molar-refractivity contribution in [1.29, 1.82) is 0 Å². The van der Waals surface area contributed by atoms with Crippen LogP contribution in [0.2, 0.25) is 0 Å². The van der Waals surface area contributed by atoms with E-state index < -0.39 is 11.1 Å². The summed E-state index contributed by atoms with van der Waals surface area (Å²) in [6.45, 7) is 2.91. The van der Waals surface area contributed by atoms with E-state index in [2.05, 4.69) is 20.0 Å². The molecule has 2 heterocycles. The Morgan fingerprint density at radius 2 is 1.79 bits per heavy atom. The van der Waals surface area contributed by atoms with Gasteiger partial charge in [-0.15, -0.1) is 0 Å². The Balaban J connectivity index is 1.38. The Morgan fingerprint density at radius 3 is 2.62 bits per heavy atom. The highest BCUT2D eigenvalue weighted by Crippen LogP contribution is 2.15. The topological polar surface area (TPSA) is 102 Å². The van der Waals surface area contributed by atoms with E-state index in [-0.39, 0.29) is 12.5 Å². The van der Waals surface area contributed by atoms with Crippen LogP contribution in [-0.2, 0) is 17.9 Å². The van der Waals surface area contributed by atoms with Gasteiger partial charge in [-0.05, 0) is 37.6 Å². The van der Waals surface area contributed by atoms with Gasteiger partial charge in [-0.1, -0.05) is 24.3 Å². The molecule has 0 spiro atoms. The van der Waals surface area contributed by atoms with Crippen LogP contribution in [0, 0.1) is 6.92 Å². The molecule has 0 saturated heterocycles. The van der Waals surface area contributed by atoms with Crippen LogP contribution < -0.4 is 16.4 Å². The zero-order valence-electron chi connectivity index (χ0n) is 16.0. The fraction of sp³-hybridized carbons (Fsp3) is 0.238. The third-order valence-corrected chi connectivity index (χ3v) is 4.91. The lowest BCUT2D eigenvalue weighted by Crippen LogP contribution is -2.37. The minimum Gasteiger partial charge on any atom is -0.354 e. The lowest BCUT2D eigenvalue weighted by atomic mass is 10.2. The molecule has 1 amide bonds. The van der Waals surface area contributed by atoms with E-state index in [0.29, 0.717) is 17.3 Å². The van der Waals surface area contributed by atoms with Crippen molar-refractivity contribution in [2.45, 2.75) is 26.4 Å². The van der Waals surface area contributed by atoms with Crippen LogP contribution in [0.25, 0.3) is 21.8 Å². The average molecular weight is 391 g/mol. The number of para-hydroxylation sites is 2. The van der Waals surface area contributed by atoms with Gasteiger partial charge in [0.2, 0.25) is 5.91 Å². The molecule has 8 heteroatoms. The smallest absolute Gasteiger partial charge is 0.273 e. The molecule has 29 heavy (non-hydrogen) atoms. The summed E-state index contributed by atoms with van der Waals surface area (Å²) in [5, 5.41) is 5.88. The third-order valence-electron chi connectivity index (χ3n) is 4.91. The predicted octanol–water partition coefficient (Wildman–Crippen LogP) is 1.55. The minimum atomic E-state index is -0.393. The predicted molar refractivity (Wildman–Crippen MR) is 111 cm³/mol. The van der Waals surface area contributed by atoms with Gasteiger partial charge < -0.3 is 9.88 Å². The first-order valence-electron chi connectivity index (χ1n) is 9.45. The number of carbonyl (C=O) groups excluding carboxylic acids is 1. The van der Waals surface area contributed by atoms with Gasteiger partial charge in [-0.3, -0.25) is 19.5 Å². The number of H-pyrrole nitrogens is 1. The van der Waals surface area contributed by atoms with Gasteiger partial charge in [0.05, 0.1) is 21.8 Å². The van der Waals surface area contributed by atoms with Gasteiger partial charge in [-0.2, -0.15) is 0 Å². The van der Waals surface area contributed by atoms with Gasteiger partial charge >= 0.3 is 0 Å². The standard InChI is InChI=1S/C21H21N5O3/c1-14-23-17-9-4-5-10-18(17)25(14)12-6-11-22-19(27)13-26-21(29)16-8-3-2-7-15(16)20(28)24-26/h2-5,7-10H,6,11-13H2,1H3,(H,22,27)(H,24,28). The van der Waals surface area contributed by atoms with E-state index in [1.807, 2.05) is 31.2 Å². The van der Waals surface area contributed by atoms with Crippen molar-refractivity contribution in [2.75, 3.05) is 6.54 Å². The van der Waals surface area contributed by atoms with Crippen molar-refractivity contribution < 1.29 is 4.79 Å². The molecule has 0 aliphatic heterocycles. The van der Waals surface area contributed by atoms with Crippen LogP contribution in [0.4, 0.5) is 0 Å². The van der Waals surface area contributed by atoms with Gasteiger partial charge in [0.15, 0.2) is 0 Å². The minimum absolute atomic E-state index is 0.230. The number of hydrogen-bond acceptors (Lipinski definition) is 4. The van der Waals surface area contributed by atoms with Crippen molar-refractivity contribution in [2.24, 2.45) is 0 Å². The Hall–Kier alpha value is -3.68. The summed E-state index contributed by atoms with van der Waals surface area (Å²) in [7, 11) is 0. The van der Waals surface area contributed by atoms with E-state index in [0.717, 1.165) is 34.5 Å². The number of nitrogens with zero attached hydrogens (tertiary/aromatic N) is 3. The number of nitrogens with one attached hydrogen (secondary N) is 2. The van der Waals surface area contributed by atoms with Crippen molar-refractivity contribution in [1.82, 2.24) is 24.6 Å². The second kappa shape index (κ2) is 7.75. The molecule has 8 nitrogen and oxygen atoms in total. The highest BCUT2D eigenvalue weighted by molar-refractivity contribution is 5.81.